The average Bonchev–Trinajstić information content (AvgIpc) is 2.55. The Morgan fingerprint density at radius 3 is 2.48 bits per heavy atom. The van der Waals surface area contributed by atoms with Gasteiger partial charge < -0.3 is 5.32 Å². The van der Waals surface area contributed by atoms with Crippen molar-refractivity contribution in [1.82, 2.24) is 20.2 Å². The molecular weight excluding hydrogens is 266 g/mol. The molecule has 0 aliphatic carbocycles. The molecule has 21 heavy (non-hydrogen) atoms. The number of nitrogens with zero attached hydrogens (tertiary/aromatic N) is 3. The Balaban J connectivity index is 1.77. The molecule has 3 aromatic rings. The van der Waals surface area contributed by atoms with Crippen molar-refractivity contribution in [2.75, 3.05) is 5.32 Å². The van der Waals surface area contributed by atoms with Gasteiger partial charge in [-0.25, -0.2) is 0 Å². The summed E-state index contributed by atoms with van der Waals surface area (Å²) < 4.78 is 0. The second-order valence-corrected chi connectivity index (χ2v) is 4.43. The van der Waals surface area contributed by atoms with Crippen LogP contribution in [0.1, 0.15) is 5.56 Å². The molecule has 3 rings (SSSR count). The summed E-state index contributed by atoms with van der Waals surface area (Å²) in [5.74, 6) is 0.344. The van der Waals surface area contributed by atoms with Crippen LogP contribution in [0.2, 0.25) is 0 Å². The maximum absolute atomic E-state index is 12.0. The van der Waals surface area contributed by atoms with Crippen molar-refractivity contribution in [2.24, 2.45) is 0 Å². The quantitative estimate of drug-likeness (QED) is 0.761. The van der Waals surface area contributed by atoms with Gasteiger partial charge >= 0.3 is 0 Å². The van der Waals surface area contributed by atoms with Crippen LogP contribution in [0.4, 0.5) is 5.95 Å². The number of hydrogen-bond donors (Lipinski definition) is 2. The molecule has 0 spiro atoms. The van der Waals surface area contributed by atoms with Crippen LogP contribution in [0.5, 0.6) is 0 Å². The van der Waals surface area contributed by atoms with Crippen LogP contribution in [-0.2, 0) is 6.54 Å². The summed E-state index contributed by atoms with van der Waals surface area (Å²) in [6, 6.07) is 13.0. The minimum Gasteiger partial charge on any atom is -0.350 e. The lowest BCUT2D eigenvalue weighted by Gasteiger charge is -2.05. The number of hydrogen-bond acceptors (Lipinski definition) is 5. The lowest BCUT2D eigenvalue weighted by atomic mass is 10.2. The summed E-state index contributed by atoms with van der Waals surface area (Å²) in [4.78, 5) is 18.7. The van der Waals surface area contributed by atoms with E-state index < -0.39 is 0 Å². The first kappa shape index (κ1) is 13.0. The lowest BCUT2D eigenvalue weighted by Crippen LogP contribution is -2.16. The standard InChI is InChI=1S/C15H13N5O/c21-14-13(12-4-2-1-3-5-12)19-20-15(18-14)17-10-11-6-8-16-9-7-11/h1-9H,10H2,(H2,17,18,20,21). The molecule has 0 amide bonds. The van der Waals surface area contributed by atoms with E-state index in [1.807, 2.05) is 42.5 Å². The van der Waals surface area contributed by atoms with Crippen LogP contribution in [0.3, 0.4) is 0 Å². The zero-order valence-electron chi connectivity index (χ0n) is 11.2. The molecule has 0 saturated carbocycles. The first-order chi connectivity index (χ1) is 10.3. The van der Waals surface area contributed by atoms with Crippen LogP contribution in [-0.4, -0.2) is 20.2 Å². The van der Waals surface area contributed by atoms with Crippen LogP contribution < -0.4 is 10.9 Å². The van der Waals surface area contributed by atoms with Crippen molar-refractivity contribution < 1.29 is 0 Å². The van der Waals surface area contributed by atoms with E-state index in [0.29, 0.717) is 18.2 Å². The molecule has 0 unspecified atom stereocenters. The van der Waals surface area contributed by atoms with Gasteiger partial charge in [-0.1, -0.05) is 30.3 Å². The summed E-state index contributed by atoms with van der Waals surface area (Å²) in [5, 5.41) is 11.0. The monoisotopic (exact) mass is 279 g/mol. The predicted molar refractivity (Wildman–Crippen MR) is 79.7 cm³/mol. The van der Waals surface area contributed by atoms with Crippen molar-refractivity contribution >= 4 is 5.95 Å². The zero-order valence-corrected chi connectivity index (χ0v) is 11.2. The van der Waals surface area contributed by atoms with Gasteiger partial charge in [0.15, 0.2) is 5.69 Å². The zero-order chi connectivity index (χ0) is 14.5. The van der Waals surface area contributed by atoms with Crippen molar-refractivity contribution in [3.63, 3.8) is 0 Å². The van der Waals surface area contributed by atoms with E-state index in [1.165, 1.54) is 0 Å². The first-order valence-corrected chi connectivity index (χ1v) is 6.48. The highest BCUT2D eigenvalue weighted by Crippen LogP contribution is 2.11. The highest BCUT2D eigenvalue weighted by molar-refractivity contribution is 5.57. The number of pyridine rings is 1. The number of nitrogens with one attached hydrogen (secondary N) is 2. The second-order valence-electron chi connectivity index (χ2n) is 4.43. The van der Waals surface area contributed by atoms with Crippen LogP contribution in [0, 0.1) is 0 Å². The van der Waals surface area contributed by atoms with Crippen molar-refractivity contribution in [3.05, 3.63) is 70.8 Å². The largest absolute Gasteiger partial charge is 0.350 e. The molecule has 6 nitrogen and oxygen atoms in total. The molecule has 2 N–H and O–H groups in total. The summed E-state index contributed by atoms with van der Waals surface area (Å²) >= 11 is 0. The molecule has 0 radical (unpaired) electrons. The van der Waals surface area contributed by atoms with Gasteiger partial charge in [-0.2, -0.15) is 0 Å². The number of benzene rings is 1. The molecule has 2 heterocycles. The molecule has 6 heteroatoms. The lowest BCUT2D eigenvalue weighted by molar-refractivity contribution is 0.930. The maximum atomic E-state index is 12.0. The van der Waals surface area contributed by atoms with Gasteiger partial charge in [0.1, 0.15) is 0 Å². The number of aromatic nitrogens is 4. The van der Waals surface area contributed by atoms with Gasteiger partial charge in [0.05, 0.1) is 0 Å². The smallest absolute Gasteiger partial charge is 0.279 e. The van der Waals surface area contributed by atoms with E-state index >= 15 is 0 Å². The van der Waals surface area contributed by atoms with Crippen LogP contribution in [0.25, 0.3) is 11.3 Å². The Morgan fingerprint density at radius 1 is 1.00 bits per heavy atom. The van der Waals surface area contributed by atoms with Crippen molar-refractivity contribution in [2.45, 2.75) is 6.54 Å². The molecule has 0 aliphatic heterocycles. The van der Waals surface area contributed by atoms with E-state index in [4.69, 9.17) is 0 Å². The summed E-state index contributed by atoms with van der Waals surface area (Å²) in [6.07, 6.45) is 3.42. The number of rotatable bonds is 4. The van der Waals surface area contributed by atoms with E-state index in [-0.39, 0.29) is 5.56 Å². The normalized spacial score (nSPS) is 10.3. The molecule has 1 aromatic carbocycles. The Kier molecular flexibility index (Phi) is 3.68. The maximum Gasteiger partial charge on any atom is 0.279 e. The number of anilines is 1. The summed E-state index contributed by atoms with van der Waals surface area (Å²) in [7, 11) is 0. The topological polar surface area (TPSA) is 83.6 Å². The number of H-pyrrole nitrogens is 1. The molecule has 2 aromatic heterocycles. The fourth-order valence-corrected chi connectivity index (χ4v) is 1.89. The molecular formula is C15H13N5O. The van der Waals surface area contributed by atoms with Gasteiger partial charge in [0.25, 0.3) is 5.56 Å². The Morgan fingerprint density at radius 2 is 1.76 bits per heavy atom. The Bertz CT molecular complexity index is 771. The molecule has 104 valence electrons. The third-order valence-corrected chi connectivity index (χ3v) is 2.95. The van der Waals surface area contributed by atoms with Crippen molar-refractivity contribution in [1.29, 1.82) is 0 Å². The third kappa shape index (κ3) is 3.11. The van der Waals surface area contributed by atoms with Crippen molar-refractivity contribution in [3.8, 4) is 11.3 Å². The van der Waals surface area contributed by atoms with E-state index in [0.717, 1.165) is 11.1 Å². The second kappa shape index (κ2) is 5.96. The summed E-state index contributed by atoms with van der Waals surface area (Å²) in [5.41, 5.74) is 1.82. The number of aromatic amines is 1. The molecule has 0 fully saturated rings. The summed E-state index contributed by atoms with van der Waals surface area (Å²) in [6.45, 7) is 0.540. The fraction of sp³-hybridized carbons (Fsp3) is 0.0667. The predicted octanol–water partition coefficient (Wildman–Crippen LogP) is 1.84. The highest BCUT2D eigenvalue weighted by Gasteiger charge is 2.06. The third-order valence-electron chi connectivity index (χ3n) is 2.95. The van der Waals surface area contributed by atoms with E-state index in [1.54, 1.807) is 12.4 Å². The van der Waals surface area contributed by atoms with Gasteiger partial charge in [0.2, 0.25) is 5.95 Å². The van der Waals surface area contributed by atoms with Gasteiger partial charge in [-0.05, 0) is 17.7 Å². The van der Waals surface area contributed by atoms with Gasteiger partial charge in [-0.3, -0.25) is 14.8 Å². The van der Waals surface area contributed by atoms with E-state index in [9.17, 15) is 4.79 Å². The first-order valence-electron chi connectivity index (χ1n) is 6.48. The molecule has 0 atom stereocenters. The van der Waals surface area contributed by atoms with Gasteiger partial charge in [0, 0.05) is 24.5 Å². The molecule has 0 aliphatic rings. The van der Waals surface area contributed by atoms with Crippen LogP contribution >= 0.6 is 0 Å². The SMILES string of the molecule is O=c1[nH]c(NCc2ccncc2)nnc1-c1ccccc1. The molecule has 0 saturated heterocycles. The highest BCUT2D eigenvalue weighted by atomic mass is 16.1. The fourth-order valence-electron chi connectivity index (χ4n) is 1.89. The molecule has 0 bridgehead atoms. The minimum absolute atomic E-state index is 0.270. The Hall–Kier alpha value is -3.02. The average molecular weight is 279 g/mol. The minimum atomic E-state index is -0.270. The Labute approximate surface area is 120 Å². The van der Waals surface area contributed by atoms with E-state index in [2.05, 4.69) is 25.5 Å². The van der Waals surface area contributed by atoms with Crippen LogP contribution in [0.15, 0.2) is 59.7 Å². The van der Waals surface area contributed by atoms with Gasteiger partial charge in [-0.15, -0.1) is 10.2 Å².